The highest BCUT2D eigenvalue weighted by Gasteiger charge is 2.26. The maximum atomic E-state index is 12.4. The number of hydrogen-bond acceptors (Lipinski definition) is 5. The van der Waals surface area contributed by atoms with Crippen LogP contribution < -0.4 is 4.90 Å². The predicted molar refractivity (Wildman–Crippen MR) is 140 cm³/mol. The zero-order valence-corrected chi connectivity index (χ0v) is 22.3. The number of anilines is 1. The minimum absolute atomic E-state index is 0.239. The van der Waals surface area contributed by atoms with Crippen LogP contribution in [0.15, 0.2) is 30.5 Å². The van der Waals surface area contributed by atoms with Gasteiger partial charge in [0.15, 0.2) is 0 Å². The first-order valence-electron chi connectivity index (χ1n) is 12.6. The highest BCUT2D eigenvalue weighted by molar-refractivity contribution is 9.08. The molecule has 0 bridgehead atoms. The average Bonchev–Trinajstić information content (AvgIpc) is 2.83. The van der Waals surface area contributed by atoms with E-state index in [0.717, 1.165) is 47.8 Å². The van der Waals surface area contributed by atoms with Gasteiger partial charge >= 0.3 is 6.09 Å². The maximum Gasteiger partial charge on any atom is 0.410 e. The molecule has 1 amide bonds. The third-order valence-electron chi connectivity index (χ3n) is 6.62. The topological polar surface area (TPSA) is 58.6 Å². The maximum absolute atomic E-state index is 12.4. The molecule has 3 heterocycles. The number of carbonyl (C=O) groups excluding carboxylic acids is 1. The van der Waals surface area contributed by atoms with E-state index in [-0.39, 0.29) is 6.09 Å². The highest BCUT2D eigenvalue weighted by atomic mass is 79.9. The Labute approximate surface area is 212 Å². The number of ether oxygens (including phenoxy) is 1. The fourth-order valence-corrected chi connectivity index (χ4v) is 5.16. The van der Waals surface area contributed by atoms with Crippen molar-refractivity contribution in [2.45, 2.75) is 70.2 Å². The monoisotopic (exact) mass is 528 g/mol. The summed E-state index contributed by atoms with van der Waals surface area (Å²) in [6.07, 6.45) is 9.47. The molecule has 2 aromatic rings. The van der Waals surface area contributed by atoms with Crippen LogP contribution in [0.25, 0.3) is 11.3 Å². The van der Waals surface area contributed by atoms with E-state index in [1.54, 1.807) is 4.90 Å². The third kappa shape index (κ3) is 6.71. The number of rotatable bonds is 5. The summed E-state index contributed by atoms with van der Waals surface area (Å²) in [7, 11) is 0. The van der Waals surface area contributed by atoms with Crippen molar-refractivity contribution in [1.82, 2.24) is 14.9 Å². The van der Waals surface area contributed by atoms with Crippen LogP contribution in [-0.4, -0.2) is 52.7 Å². The summed E-state index contributed by atoms with van der Waals surface area (Å²) in [5.74, 6) is 1.72. The molecule has 0 atom stereocenters. The van der Waals surface area contributed by atoms with E-state index in [1.807, 2.05) is 27.0 Å². The largest absolute Gasteiger partial charge is 0.444 e. The predicted octanol–water partition coefficient (Wildman–Crippen LogP) is 6.22. The fraction of sp³-hybridized carbons (Fsp3) is 0.593. The number of amides is 1. The Morgan fingerprint density at radius 2 is 1.82 bits per heavy atom. The molecule has 2 fully saturated rings. The van der Waals surface area contributed by atoms with E-state index in [1.165, 1.54) is 43.4 Å². The van der Waals surface area contributed by atoms with Crippen molar-refractivity contribution in [3.05, 3.63) is 41.7 Å². The van der Waals surface area contributed by atoms with E-state index in [2.05, 4.69) is 50.1 Å². The first-order chi connectivity index (χ1) is 16.3. The minimum atomic E-state index is -0.477. The standard InChI is InChI=1S/C27H37BrN4O2/c1-27(2,3)34-26(33)32-13-11-31(12-14-32)25-17-21(19-28)16-24(30-25)22-9-10-29-23(18-22)15-20-7-5-4-6-8-20/h9-10,16-18,20H,4-8,11-15,19H2,1-3H3. The molecule has 2 aromatic heterocycles. The smallest absolute Gasteiger partial charge is 0.410 e. The number of alkyl halides is 1. The first-order valence-corrected chi connectivity index (χ1v) is 13.7. The van der Waals surface area contributed by atoms with Crippen molar-refractivity contribution in [2.24, 2.45) is 5.92 Å². The molecule has 0 unspecified atom stereocenters. The Morgan fingerprint density at radius 1 is 1.09 bits per heavy atom. The Hall–Kier alpha value is -2.15. The fourth-order valence-electron chi connectivity index (χ4n) is 4.84. The number of pyridine rings is 2. The molecule has 184 valence electrons. The second kappa shape index (κ2) is 11.1. The number of piperazine rings is 1. The van der Waals surface area contributed by atoms with Crippen LogP contribution in [0.1, 0.15) is 64.1 Å². The molecule has 7 heteroatoms. The van der Waals surface area contributed by atoms with E-state index in [9.17, 15) is 4.79 Å². The first kappa shape index (κ1) is 25.0. The van der Waals surface area contributed by atoms with Gasteiger partial charge < -0.3 is 14.5 Å². The number of nitrogens with zero attached hydrogens (tertiary/aromatic N) is 4. The second-order valence-electron chi connectivity index (χ2n) is 10.6. The lowest BCUT2D eigenvalue weighted by Gasteiger charge is -2.36. The van der Waals surface area contributed by atoms with Crippen molar-refractivity contribution in [3.63, 3.8) is 0 Å². The number of hydrogen-bond donors (Lipinski definition) is 0. The van der Waals surface area contributed by atoms with Crippen LogP contribution in [-0.2, 0) is 16.5 Å². The van der Waals surface area contributed by atoms with Gasteiger partial charge in [-0.2, -0.15) is 0 Å². The Kier molecular flexibility index (Phi) is 8.12. The summed E-state index contributed by atoms with van der Waals surface area (Å²) in [5.41, 5.74) is 3.99. The molecule has 0 spiro atoms. The van der Waals surface area contributed by atoms with Crippen LogP contribution in [0.4, 0.5) is 10.6 Å². The van der Waals surface area contributed by atoms with Crippen LogP contribution in [0.2, 0.25) is 0 Å². The lowest BCUT2D eigenvalue weighted by molar-refractivity contribution is 0.0240. The van der Waals surface area contributed by atoms with Crippen LogP contribution in [0.5, 0.6) is 0 Å². The molecule has 6 nitrogen and oxygen atoms in total. The zero-order valence-electron chi connectivity index (χ0n) is 20.7. The SMILES string of the molecule is CC(C)(C)OC(=O)N1CCN(c2cc(CBr)cc(-c3ccnc(CC4CCCCC4)c3)n2)CC1. The Morgan fingerprint density at radius 3 is 2.50 bits per heavy atom. The van der Waals surface area contributed by atoms with Gasteiger partial charge in [-0.15, -0.1) is 0 Å². The summed E-state index contributed by atoms with van der Waals surface area (Å²) >= 11 is 3.63. The molecule has 2 aliphatic rings. The molecule has 1 aliphatic carbocycles. The molecule has 1 saturated carbocycles. The van der Waals surface area contributed by atoms with E-state index >= 15 is 0 Å². The molecule has 0 aromatic carbocycles. The Bertz CT molecular complexity index is 977. The molecule has 0 radical (unpaired) electrons. The molecular weight excluding hydrogens is 492 g/mol. The van der Waals surface area contributed by atoms with Gasteiger partial charge in [0, 0.05) is 49.0 Å². The van der Waals surface area contributed by atoms with Gasteiger partial charge in [0.1, 0.15) is 11.4 Å². The lowest BCUT2D eigenvalue weighted by atomic mass is 9.86. The highest BCUT2D eigenvalue weighted by Crippen LogP contribution is 2.29. The van der Waals surface area contributed by atoms with Gasteiger partial charge in [0.25, 0.3) is 0 Å². The van der Waals surface area contributed by atoms with Gasteiger partial charge in [-0.25, -0.2) is 9.78 Å². The Balaban J connectivity index is 1.47. The minimum Gasteiger partial charge on any atom is -0.444 e. The van der Waals surface area contributed by atoms with Gasteiger partial charge in [0.05, 0.1) is 5.69 Å². The second-order valence-corrected chi connectivity index (χ2v) is 11.1. The van der Waals surface area contributed by atoms with Crippen molar-refractivity contribution in [2.75, 3.05) is 31.1 Å². The summed E-state index contributed by atoms with van der Waals surface area (Å²) in [6.45, 7) is 8.44. The lowest BCUT2D eigenvalue weighted by Crippen LogP contribution is -2.50. The number of carbonyl (C=O) groups is 1. The van der Waals surface area contributed by atoms with Gasteiger partial charge in [0.2, 0.25) is 0 Å². The van der Waals surface area contributed by atoms with Gasteiger partial charge in [-0.05, 0) is 62.9 Å². The van der Waals surface area contributed by atoms with Crippen molar-refractivity contribution < 1.29 is 9.53 Å². The number of halogens is 1. The quantitative estimate of drug-likeness (QED) is 0.431. The van der Waals surface area contributed by atoms with Gasteiger partial charge in [-0.3, -0.25) is 4.98 Å². The van der Waals surface area contributed by atoms with Crippen LogP contribution in [0, 0.1) is 5.92 Å². The van der Waals surface area contributed by atoms with Gasteiger partial charge in [-0.1, -0.05) is 48.0 Å². The normalized spacial score (nSPS) is 17.6. The van der Waals surface area contributed by atoms with E-state index < -0.39 is 5.60 Å². The molecule has 1 saturated heterocycles. The van der Waals surface area contributed by atoms with Crippen molar-refractivity contribution in [3.8, 4) is 11.3 Å². The summed E-state index contributed by atoms with van der Waals surface area (Å²) in [4.78, 5) is 26.2. The summed E-state index contributed by atoms with van der Waals surface area (Å²) < 4.78 is 5.54. The van der Waals surface area contributed by atoms with Crippen LogP contribution in [0.3, 0.4) is 0 Å². The molecule has 4 rings (SSSR count). The van der Waals surface area contributed by atoms with Crippen LogP contribution >= 0.6 is 15.9 Å². The molecule has 0 N–H and O–H groups in total. The zero-order chi connectivity index (χ0) is 24.1. The number of aromatic nitrogens is 2. The van der Waals surface area contributed by atoms with Crippen molar-refractivity contribution >= 4 is 27.8 Å². The average molecular weight is 530 g/mol. The molecular formula is C27H37BrN4O2. The van der Waals surface area contributed by atoms with Crippen molar-refractivity contribution in [1.29, 1.82) is 0 Å². The van der Waals surface area contributed by atoms with E-state index in [4.69, 9.17) is 9.72 Å². The summed E-state index contributed by atoms with van der Waals surface area (Å²) in [6, 6.07) is 8.59. The molecule has 34 heavy (non-hydrogen) atoms. The molecule has 1 aliphatic heterocycles. The van der Waals surface area contributed by atoms with E-state index in [0.29, 0.717) is 13.1 Å². The summed E-state index contributed by atoms with van der Waals surface area (Å²) in [5, 5.41) is 0.771. The third-order valence-corrected chi connectivity index (χ3v) is 7.26.